The molecule has 1 amide bonds. The van der Waals surface area contributed by atoms with Gasteiger partial charge in [-0.05, 0) is 53.8 Å². The lowest BCUT2D eigenvalue weighted by Gasteiger charge is -2.17. The molecule has 0 saturated carbocycles. The van der Waals surface area contributed by atoms with Crippen molar-refractivity contribution in [3.05, 3.63) is 86.8 Å². The van der Waals surface area contributed by atoms with Crippen LogP contribution in [-0.2, 0) is 11.2 Å². The Morgan fingerprint density at radius 3 is 2.74 bits per heavy atom. The summed E-state index contributed by atoms with van der Waals surface area (Å²) in [7, 11) is 0. The number of benzene rings is 2. The summed E-state index contributed by atoms with van der Waals surface area (Å²) in [6, 6.07) is 14.8. The Morgan fingerprint density at radius 2 is 2.00 bits per heavy atom. The molecule has 0 saturated heterocycles. The Hall–Kier alpha value is -3.19. The third-order valence-electron chi connectivity index (χ3n) is 4.26. The number of carbonyl (C=O) groups is 1. The van der Waals surface area contributed by atoms with Crippen LogP contribution in [0, 0.1) is 5.82 Å². The lowest BCUT2D eigenvalue weighted by Crippen LogP contribution is -2.22. The van der Waals surface area contributed by atoms with Crippen LogP contribution in [0.2, 0.25) is 0 Å². The molecule has 0 fully saturated rings. The van der Waals surface area contributed by atoms with Crippen molar-refractivity contribution >= 4 is 34.0 Å². The zero-order valence-corrected chi connectivity index (χ0v) is 14.9. The van der Waals surface area contributed by atoms with Crippen molar-refractivity contribution in [1.29, 1.82) is 0 Å². The fraction of sp³-hybridized carbons (Fsp3) is 0.100. The van der Waals surface area contributed by atoms with Gasteiger partial charge in [-0.25, -0.2) is 9.18 Å². The number of nitrogens with one attached hydrogen (secondary N) is 2. The van der Waals surface area contributed by atoms with Crippen LogP contribution in [0.25, 0.3) is 11.1 Å². The van der Waals surface area contributed by atoms with Gasteiger partial charge in [0.15, 0.2) is 5.58 Å². The van der Waals surface area contributed by atoms with Crippen LogP contribution in [-0.4, -0.2) is 10.9 Å². The molecule has 4 aromatic rings. The van der Waals surface area contributed by atoms with Gasteiger partial charge in [0.25, 0.3) is 0 Å². The summed E-state index contributed by atoms with van der Waals surface area (Å²) < 4.78 is 18.3. The number of thiophene rings is 1. The average molecular weight is 382 g/mol. The quantitative estimate of drug-likeness (QED) is 0.541. The van der Waals surface area contributed by atoms with E-state index < -0.39 is 11.7 Å². The van der Waals surface area contributed by atoms with E-state index in [1.165, 1.54) is 12.1 Å². The monoisotopic (exact) mass is 382 g/mol. The molecule has 1 atom stereocenters. The van der Waals surface area contributed by atoms with Gasteiger partial charge in [0.05, 0.1) is 11.4 Å². The predicted octanol–water partition coefficient (Wildman–Crippen LogP) is 4.29. The van der Waals surface area contributed by atoms with E-state index >= 15 is 0 Å². The number of halogens is 1. The number of rotatable bonds is 5. The normalized spacial score (nSPS) is 12.2. The van der Waals surface area contributed by atoms with Crippen LogP contribution < -0.4 is 11.1 Å². The number of hydrogen-bond donors (Lipinski definition) is 2. The first-order valence-corrected chi connectivity index (χ1v) is 9.18. The van der Waals surface area contributed by atoms with Gasteiger partial charge in [0, 0.05) is 10.6 Å². The van der Waals surface area contributed by atoms with Crippen LogP contribution in [0.15, 0.2) is 69.2 Å². The highest BCUT2D eigenvalue weighted by Gasteiger charge is 2.22. The molecule has 2 aromatic carbocycles. The van der Waals surface area contributed by atoms with Gasteiger partial charge in [0.2, 0.25) is 5.91 Å². The third-order valence-corrected chi connectivity index (χ3v) is 5.16. The Kier molecular flexibility index (Phi) is 4.60. The molecule has 0 aliphatic carbocycles. The molecule has 27 heavy (non-hydrogen) atoms. The minimum Gasteiger partial charge on any atom is -0.408 e. The summed E-state index contributed by atoms with van der Waals surface area (Å²) in [5, 5.41) is 4.83. The Bertz CT molecular complexity index is 1130. The van der Waals surface area contributed by atoms with Crippen molar-refractivity contribution in [2.24, 2.45) is 0 Å². The number of aromatic nitrogens is 1. The lowest BCUT2D eigenvalue weighted by atomic mass is 9.94. The smallest absolute Gasteiger partial charge is 0.408 e. The van der Waals surface area contributed by atoms with Crippen molar-refractivity contribution in [3.63, 3.8) is 0 Å². The molecule has 0 aliphatic rings. The minimum absolute atomic E-state index is 0.208. The third kappa shape index (κ3) is 3.83. The first-order valence-electron chi connectivity index (χ1n) is 8.30. The fourth-order valence-corrected chi connectivity index (χ4v) is 3.70. The van der Waals surface area contributed by atoms with E-state index in [2.05, 4.69) is 10.3 Å². The van der Waals surface area contributed by atoms with Gasteiger partial charge in [-0.3, -0.25) is 9.78 Å². The highest BCUT2D eigenvalue weighted by atomic mass is 32.1. The highest BCUT2D eigenvalue weighted by molar-refractivity contribution is 7.09. The van der Waals surface area contributed by atoms with E-state index in [0.717, 1.165) is 10.4 Å². The van der Waals surface area contributed by atoms with E-state index in [9.17, 15) is 14.0 Å². The van der Waals surface area contributed by atoms with Crippen molar-refractivity contribution in [2.45, 2.75) is 12.3 Å². The minimum atomic E-state index is -0.546. The van der Waals surface area contributed by atoms with Gasteiger partial charge < -0.3 is 9.73 Å². The predicted molar refractivity (Wildman–Crippen MR) is 103 cm³/mol. The summed E-state index contributed by atoms with van der Waals surface area (Å²) in [6.45, 7) is 0. The number of carbonyl (C=O) groups excluding carboxylic acids is 1. The molecule has 2 N–H and O–H groups in total. The molecule has 0 bridgehead atoms. The second-order valence-corrected chi connectivity index (χ2v) is 7.13. The van der Waals surface area contributed by atoms with Crippen molar-refractivity contribution in [2.75, 3.05) is 5.32 Å². The van der Waals surface area contributed by atoms with E-state index in [0.29, 0.717) is 23.2 Å². The van der Waals surface area contributed by atoms with Crippen LogP contribution >= 0.6 is 11.3 Å². The number of aromatic amines is 1. The first kappa shape index (κ1) is 17.2. The molecular formula is C20H15FN2O3S. The summed E-state index contributed by atoms with van der Waals surface area (Å²) in [6.07, 6.45) is 0.514. The summed E-state index contributed by atoms with van der Waals surface area (Å²) >= 11 is 1.57. The Labute approximate surface area is 157 Å². The van der Waals surface area contributed by atoms with Crippen LogP contribution in [0.5, 0.6) is 0 Å². The molecule has 2 aromatic heterocycles. The maximum Gasteiger partial charge on any atom is 0.417 e. The van der Waals surface area contributed by atoms with E-state index in [1.54, 1.807) is 41.7 Å². The number of anilines is 1. The molecule has 0 radical (unpaired) electrons. The van der Waals surface area contributed by atoms with Gasteiger partial charge in [-0.1, -0.05) is 18.2 Å². The number of hydrogen-bond acceptors (Lipinski definition) is 4. The summed E-state index contributed by atoms with van der Waals surface area (Å²) in [4.78, 5) is 27.9. The van der Waals surface area contributed by atoms with Crippen molar-refractivity contribution in [3.8, 4) is 0 Å². The SMILES string of the molecule is O=C(Nc1ccc2oc(=O)[nH]c2c1)C(Cc1cccs1)c1ccc(F)cc1. The van der Waals surface area contributed by atoms with Crippen molar-refractivity contribution < 1.29 is 13.6 Å². The highest BCUT2D eigenvalue weighted by Crippen LogP contribution is 2.26. The van der Waals surface area contributed by atoms with E-state index in [1.807, 2.05) is 17.5 Å². The number of H-pyrrole nitrogens is 1. The van der Waals surface area contributed by atoms with E-state index in [4.69, 9.17) is 4.42 Å². The second-order valence-electron chi connectivity index (χ2n) is 6.10. The fourth-order valence-electron chi connectivity index (χ4n) is 2.95. The number of fused-ring (bicyclic) bond motifs is 1. The molecule has 2 heterocycles. The summed E-state index contributed by atoms with van der Waals surface area (Å²) in [5.41, 5.74) is 2.21. The molecule has 5 nitrogen and oxygen atoms in total. The second kappa shape index (κ2) is 7.20. The molecule has 0 aliphatic heterocycles. The standard InChI is InChI=1S/C20H15FN2O3S/c21-13-5-3-12(4-6-13)16(11-15-2-1-9-27-15)19(24)22-14-7-8-18-17(10-14)23-20(25)26-18/h1-10,16H,11H2,(H,22,24)(H,23,25). The molecule has 136 valence electrons. The van der Waals surface area contributed by atoms with Gasteiger partial charge in [-0.15, -0.1) is 11.3 Å². The maximum atomic E-state index is 13.3. The first-order chi connectivity index (χ1) is 13.1. The van der Waals surface area contributed by atoms with Gasteiger partial charge in [-0.2, -0.15) is 0 Å². The number of oxazole rings is 1. The van der Waals surface area contributed by atoms with E-state index in [-0.39, 0.29) is 11.7 Å². The molecular weight excluding hydrogens is 367 g/mol. The largest absolute Gasteiger partial charge is 0.417 e. The lowest BCUT2D eigenvalue weighted by molar-refractivity contribution is -0.117. The Morgan fingerprint density at radius 1 is 1.19 bits per heavy atom. The molecule has 1 unspecified atom stereocenters. The zero-order valence-electron chi connectivity index (χ0n) is 14.1. The number of amides is 1. The van der Waals surface area contributed by atoms with Crippen LogP contribution in [0.4, 0.5) is 10.1 Å². The topological polar surface area (TPSA) is 75.1 Å². The van der Waals surface area contributed by atoms with Crippen molar-refractivity contribution in [1.82, 2.24) is 4.98 Å². The molecule has 0 spiro atoms. The summed E-state index contributed by atoms with van der Waals surface area (Å²) in [5.74, 6) is -1.57. The van der Waals surface area contributed by atoms with Gasteiger partial charge in [0.1, 0.15) is 5.82 Å². The van der Waals surface area contributed by atoms with Crippen LogP contribution in [0.3, 0.4) is 0 Å². The van der Waals surface area contributed by atoms with Gasteiger partial charge >= 0.3 is 5.76 Å². The molecule has 7 heteroatoms. The average Bonchev–Trinajstić information content (AvgIpc) is 3.28. The maximum absolute atomic E-state index is 13.3. The Balaban J connectivity index is 1.62. The zero-order chi connectivity index (χ0) is 18.8. The van der Waals surface area contributed by atoms with Crippen LogP contribution in [0.1, 0.15) is 16.4 Å². The molecule has 4 rings (SSSR count).